The number of ether oxygens (including phenoxy) is 1. The molecule has 0 amide bonds. The normalized spacial score (nSPS) is 20.4. The van der Waals surface area contributed by atoms with Gasteiger partial charge >= 0.3 is 5.97 Å². The molecule has 0 saturated carbocycles. The number of pyridine rings is 2. The Morgan fingerprint density at radius 1 is 0.711 bits per heavy atom. The van der Waals surface area contributed by atoms with Crippen LogP contribution in [0.1, 0.15) is 74.6 Å². The van der Waals surface area contributed by atoms with Crippen molar-refractivity contribution in [3.63, 3.8) is 0 Å². The SMILES string of the molecule is CCCCC1(CC2(CCC(=O)OCC)c3ccccc3-c3ncccc32)c2ccccc2-c2ncccc21. The first kappa shape index (κ1) is 24.5. The Morgan fingerprint density at radius 2 is 1.24 bits per heavy atom. The van der Waals surface area contributed by atoms with E-state index in [-0.39, 0.29) is 16.8 Å². The van der Waals surface area contributed by atoms with E-state index in [9.17, 15) is 4.79 Å². The van der Waals surface area contributed by atoms with Crippen LogP contribution in [0, 0.1) is 0 Å². The van der Waals surface area contributed by atoms with Gasteiger partial charge < -0.3 is 4.74 Å². The summed E-state index contributed by atoms with van der Waals surface area (Å²) in [5, 5.41) is 0. The molecule has 4 heteroatoms. The van der Waals surface area contributed by atoms with Gasteiger partial charge in [-0.2, -0.15) is 0 Å². The highest BCUT2D eigenvalue weighted by Gasteiger charge is 2.53. The van der Waals surface area contributed by atoms with Crippen molar-refractivity contribution in [2.45, 2.75) is 63.2 Å². The standard InChI is InChI=1S/C34H34N2O2/c1-3-5-19-33(26-14-8-6-12-24(26)31-28(33)16-10-21-35-31)23-34(20-18-30(37)38-4-2)27-15-9-7-13-25(27)32-29(34)17-11-22-36-32/h6-17,21-22H,3-5,18-20,23H2,1-2H3. The summed E-state index contributed by atoms with van der Waals surface area (Å²) in [5.74, 6) is -0.141. The second-order valence-corrected chi connectivity index (χ2v) is 10.6. The van der Waals surface area contributed by atoms with Crippen LogP contribution >= 0.6 is 0 Å². The second kappa shape index (κ2) is 9.83. The number of hydrogen-bond donors (Lipinski definition) is 0. The first-order valence-electron chi connectivity index (χ1n) is 13.9. The summed E-state index contributed by atoms with van der Waals surface area (Å²) in [7, 11) is 0. The maximum absolute atomic E-state index is 12.8. The van der Waals surface area contributed by atoms with E-state index >= 15 is 0 Å². The van der Waals surface area contributed by atoms with Crippen LogP contribution in [0.2, 0.25) is 0 Å². The predicted octanol–water partition coefficient (Wildman–Crippen LogP) is 7.63. The minimum atomic E-state index is -0.384. The second-order valence-electron chi connectivity index (χ2n) is 10.6. The minimum absolute atomic E-state index is 0.141. The lowest BCUT2D eigenvalue weighted by molar-refractivity contribution is -0.143. The Balaban J connectivity index is 1.60. The van der Waals surface area contributed by atoms with Gasteiger partial charge in [0.05, 0.1) is 18.0 Å². The van der Waals surface area contributed by atoms with E-state index < -0.39 is 0 Å². The lowest BCUT2D eigenvalue weighted by atomic mass is 9.60. The molecule has 2 heterocycles. The van der Waals surface area contributed by atoms with Gasteiger partial charge in [-0.1, -0.05) is 80.4 Å². The van der Waals surface area contributed by atoms with Crippen molar-refractivity contribution in [2.75, 3.05) is 6.61 Å². The highest BCUT2D eigenvalue weighted by molar-refractivity contribution is 5.82. The number of nitrogens with zero attached hydrogens (tertiary/aromatic N) is 2. The Labute approximate surface area is 225 Å². The Morgan fingerprint density at radius 3 is 1.79 bits per heavy atom. The maximum Gasteiger partial charge on any atom is 0.305 e. The third-order valence-electron chi connectivity index (χ3n) is 8.66. The lowest BCUT2D eigenvalue weighted by Gasteiger charge is -2.42. The zero-order valence-corrected chi connectivity index (χ0v) is 22.2. The zero-order chi connectivity index (χ0) is 26.2. The third kappa shape index (κ3) is 3.69. The van der Waals surface area contributed by atoms with Gasteiger partial charge in [-0.05, 0) is 60.6 Å². The molecule has 0 bridgehead atoms. The highest BCUT2D eigenvalue weighted by Crippen LogP contribution is 2.61. The van der Waals surface area contributed by atoms with Crippen molar-refractivity contribution in [2.24, 2.45) is 0 Å². The van der Waals surface area contributed by atoms with Crippen molar-refractivity contribution in [3.05, 3.63) is 107 Å². The summed E-state index contributed by atoms with van der Waals surface area (Å²) < 4.78 is 5.43. The molecule has 6 rings (SSSR count). The molecule has 38 heavy (non-hydrogen) atoms. The number of hydrogen-bond acceptors (Lipinski definition) is 4. The fraction of sp³-hybridized carbons (Fsp3) is 0.324. The molecule has 2 aromatic carbocycles. The van der Waals surface area contributed by atoms with Crippen LogP contribution in [-0.2, 0) is 20.4 Å². The van der Waals surface area contributed by atoms with E-state index in [0.29, 0.717) is 19.4 Å². The summed E-state index contributed by atoms with van der Waals surface area (Å²) in [6.07, 6.45) is 8.93. The molecular formula is C34H34N2O2. The number of carbonyl (C=O) groups excluding carboxylic acids is 1. The summed E-state index contributed by atoms with van der Waals surface area (Å²) in [6, 6.07) is 26.1. The van der Waals surface area contributed by atoms with E-state index in [0.717, 1.165) is 37.1 Å². The topological polar surface area (TPSA) is 52.1 Å². The van der Waals surface area contributed by atoms with E-state index in [1.54, 1.807) is 0 Å². The molecule has 0 fully saturated rings. The van der Waals surface area contributed by atoms with E-state index in [2.05, 4.69) is 73.7 Å². The molecule has 0 spiro atoms. The van der Waals surface area contributed by atoms with E-state index in [1.165, 1.54) is 33.4 Å². The van der Waals surface area contributed by atoms with Crippen molar-refractivity contribution in [1.82, 2.24) is 9.97 Å². The molecular weight excluding hydrogens is 468 g/mol. The van der Waals surface area contributed by atoms with Gasteiger partial charge in [0.15, 0.2) is 0 Å². The van der Waals surface area contributed by atoms with Crippen molar-refractivity contribution >= 4 is 5.97 Å². The quantitative estimate of drug-likeness (QED) is 0.221. The smallest absolute Gasteiger partial charge is 0.305 e. The number of carbonyl (C=O) groups is 1. The van der Waals surface area contributed by atoms with Gasteiger partial charge in [-0.3, -0.25) is 14.8 Å². The van der Waals surface area contributed by atoms with Gasteiger partial charge in [0.1, 0.15) is 0 Å². The fourth-order valence-electron chi connectivity index (χ4n) is 7.15. The van der Waals surface area contributed by atoms with Crippen LogP contribution in [0.15, 0.2) is 85.2 Å². The van der Waals surface area contributed by atoms with Gasteiger partial charge in [0.25, 0.3) is 0 Å². The lowest BCUT2D eigenvalue weighted by Crippen LogP contribution is -2.38. The average molecular weight is 503 g/mol. The van der Waals surface area contributed by atoms with Crippen molar-refractivity contribution in [1.29, 1.82) is 0 Å². The number of benzene rings is 2. The van der Waals surface area contributed by atoms with Crippen LogP contribution in [0.3, 0.4) is 0 Å². The van der Waals surface area contributed by atoms with Crippen LogP contribution in [0.4, 0.5) is 0 Å². The molecule has 192 valence electrons. The Bertz CT molecular complexity index is 1400. The van der Waals surface area contributed by atoms with Crippen LogP contribution in [0.5, 0.6) is 0 Å². The van der Waals surface area contributed by atoms with Gasteiger partial charge in [0, 0.05) is 40.8 Å². The van der Waals surface area contributed by atoms with Crippen molar-refractivity contribution in [3.8, 4) is 22.5 Å². The molecule has 4 aromatic rings. The van der Waals surface area contributed by atoms with Crippen LogP contribution in [-0.4, -0.2) is 22.5 Å². The van der Waals surface area contributed by atoms with Gasteiger partial charge in [-0.15, -0.1) is 0 Å². The zero-order valence-electron chi connectivity index (χ0n) is 22.2. The predicted molar refractivity (Wildman–Crippen MR) is 151 cm³/mol. The maximum atomic E-state index is 12.8. The molecule has 2 unspecified atom stereocenters. The largest absolute Gasteiger partial charge is 0.466 e. The average Bonchev–Trinajstić information content (AvgIpc) is 3.40. The molecule has 0 radical (unpaired) electrons. The highest BCUT2D eigenvalue weighted by atomic mass is 16.5. The van der Waals surface area contributed by atoms with Gasteiger partial charge in [-0.25, -0.2) is 0 Å². The third-order valence-corrected chi connectivity index (χ3v) is 8.66. The Kier molecular flexibility index (Phi) is 6.35. The number of rotatable bonds is 9. The first-order chi connectivity index (χ1) is 18.6. The molecule has 2 aromatic heterocycles. The number of unbranched alkanes of at least 4 members (excludes halogenated alkanes) is 1. The van der Waals surface area contributed by atoms with Crippen molar-refractivity contribution < 1.29 is 9.53 Å². The molecule has 0 N–H and O–H groups in total. The molecule has 2 aliphatic carbocycles. The fourth-order valence-corrected chi connectivity index (χ4v) is 7.15. The van der Waals surface area contributed by atoms with Gasteiger partial charge in [0.2, 0.25) is 0 Å². The molecule has 2 atom stereocenters. The summed E-state index contributed by atoms with van der Waals surface area (Å²) in [6.45, 7) is 4.53. The molecule has 0 aliphatic heterocycles. The van der Waals surface area contributed by atoms with Crippen LogP contribution in [0.25, 0.3) is 22.5 Å². The summed E-state index contributed by atoms with van der Waals surface area (Å²) in [5.41, 5.74) is 9.08. The summed E-state index contributed by atoms with van der Waals surface area (Å²) in [4.78, 5) is 22.6. The number of esters is 1. The number of fused-ring (bicyclic) bond motifs is 6. The minimum Gasteiger partial charge on any atom is -0.466 e. The first-order valence-corrected chi connectivity index (χ1v) is 13.9. The van der Waals surface area contributed by atoms with Crippen LogP contribution < -0.4 is 0 Å². The number of aromatic nitrogens is 2. The molecule has 0 saturated heterocycles. The monoisotopic (exact) mass is 502 g/mol. The summed E-state index contributed by atoms with van der Waals surface area (Å²) >= 11 is 0. The molecule has 4 nitrogen and oxygen atoms in total. The Hall–Kier alpha value is -3.79. The van der Waals surface area contributed by atoms with E-state index in [1.807, 2.05) is 25.4 Å². The molecule has 2 aliphatic rings. The van der Waals surface area contributed by atoms with E-state index in [4.69, 9.17) is 14.7 Å².